The van der Waals surface area contributed by atoms with Crippen molar-refractivity contribution in [1.82, 2.24) is 19.9 Å². The number of amides is 1. The van der Waals surface area contributed by atoms with Crippen molar-refractivity contribution < 1.29 is 13.6 Å². The van der Waals surface area contributed by atoms with Crippen molar-refractivity contribution in [1.29, 1.82) is 0 Å². The van der Waals surface area contributed by atoms with Gasteiger partial charge in [0, 0.05) is 23.6 Å². The molecule has 0 radical (unpaired) electrons. The Kier molecular flexibility index (Phi) is 5.27. The molecule has 0 aliphatic rings. The van der Waals surface area contributed by atoms with Gasteiger partial charge in [0.05, 0.1) is 11.4 Å². The zero-order valence-electron chi connectivity index (χ0n) is 17.5. The lowest BCUT2D eigenvalue weighted by Crippen LogP contribution is -2.26. The molecule has 0 spiro atoms. The van der Waals surface area contributed by atoms with Crippen molar-refractivity contribution >= 4 is 11.6 Å². The number of hydrogen-bond donors (Lipinski definition) is 1. The molecule has 0 unspecified atom stereocenters. The fourth-order valence-corrected chi connectivity index (χ4v) is 3.15. The first-order chi connectivity index (χ1) is 14.7. The van der Waals surface area contributed by atoms with E-state index in [9.17, 15) is 13.6 Å². The van der Waals surface area contributed by atoms with Crippen LogP contribution in [0, 0.1) is 11.6 Å². The highest BCUT2D eigenvalue weighted by Crippen LogP contribution is 2.25. The van der Waals surface area contributed by atoms with Gasteiger partial charge in [-0.15, -0.1) is 0 Å². The molecule has 5 nitrogen and oxygen atoms in total. The normalized spacial score (nSPS) is 11.6. The standard InChI is InChI=1S/C24H22F2N4O/c1-24(2,3)21-13-22-28-19(16-6-10-18(26)11-7-16)12-20(30(22)29-21)23(31)27-14-15-4-8-17(25)9-5-15/h4-13H,14H2,1-3H3,(H,27,31). The summed E-state index contributed by atoms with van der Waals surface area (Å²) >= 11 is 0. The topological polar surface area (TPSA) is 59.3 Å². The molecule has 4 rings (SSSR count). The molecule has 0 saturated heterocycles. The first-order valence-electron chi connectivity index (χ1n) is 9.90. The lowest BCUT2D eigenvalue weighted by molar-refractivity contribution is 0.0943. The molecule has 0 saturated carbocycles. The Balaban J connectivity index is 1.75. The maximum absolute atomic E-state index is 13.4. The summed E-state index contributed by atoms with van der Waals surface area (Å²) in [6, 6.07) is 15.4. The fraction of sp³-hybridized carbons (Fsp3) is 0.208. The highest BCUT2D eigenvalue weighted by atomic mass is 19.1. The second-order valence-electron chi connectivity index (χ2n) is 8.39. The third kappa shape index (κ3) is 4.45. The van der Waals surface area contributed by atoms with E-state index in [1.165, 1.54) is 28.8 Å². The van der Waals surface area contributed by atoms with Gasteiger partial charge in [-0.25, -0.2) is 18.3 Å². The van der Waals surface area contributed by atoms with Crippen molar-refractivity contribution in [3.8, 4) is 11.3 Å². The minimum atomic E-state index is -0.346. The van der Waals surface area contributed by atoms with Gasteiger partial charge in [-0.3, -0.25) is 4.79 Å². The lowest BCUT2D eigenvalue weighted by atomic mass is 9.93. The number of rotatable bonds is 4. The van der Waals surface area contributed by atoms with Crippen molar-refractivity contribution in [2.75, 3.05) is 0 Å². The summed E-state index contributed by atoms with van der Waals surface area (Å²) in [6.45, 7) is 6.33. The third-order valence-electron chi connectivity index (χ3n) is 4.93. The van der Waals surface area contributed by atoms with Gasteiger partial charge in [0.15, 0.2) is 5.65 Å². The van der Waals surface area contributed by atoms with Gasteiger partial charge in [0.1, 0.15) is 17.3 Å². The van der Waals surface area contributed by atoms with Crippen molar-refractivity contribution in [2.45, 2.75) is 32.7 Å². The van der Waals surface area contributed by atoms with E-state index in [1.807, 2.05) is 26.8 Å². The second-order valence-corrected chi connectivity index (χ2v) is 8.39. The predicted octanol–water partition coefficient (Wildman–Crippen LogP) is 4.90. The number of carbonyl (C=O) groups is 1. The maximum atomic E-state index is 13.4. The molecule has 0 aliphatic carbocycles. The van der Waals surface area contributed by atoms with E-state index < -0.39 is 0 Å². The molecular weight excluding hydrogens is 398 g/mol. The zero-order valence-corrected chi connectivity index (χ0v) is 17.5. The van der Waals surface area contributed by atoms with Gasteiger partial charge in [-0.05, 0) is 48.0 Å². The van der Waals surface area contributed by atoms with E-state index >= 15 is 0 Å². The van der Waals surface area contributed by atoms with Crippen molar-refractivity contribution in [3.63, 3.8) is 0 Å². The molecule has 31 heavy (non-hydrogen) atoms. The molecule has 158 valence electrons. The van der Waals surface area contributed by atoms with Crippen LogP contribution < -0.4 is 5.32 Å². The van der Waals surface area contributed by atoms with E-state index in [0.29, 0.717) is 22.6 Å². The van der Waals surface area contributed by atoms with Crippen LogP contribution in [0.3, 0.4) is 0 Å². The second kappa shape index (κ2) is 7.91. The smallest absolute Gasteiger partial charge is 0.270 e. The Hall–Kier alpha value is -3.61. The van der Waals surface area contributed by atoms with Gasteiger partial charge in [0.25, 0.3) is 5.91 Å². The average Bonchev–Trinajstić information content (AvgIpc) is 3.18. The number of fused-ring (bicyclic) bond motifs is 1. The molecule has 2 aromatic heterocycles. The van der Waals surface area contributed by atoms with E-state index in [-0.39, 0.29) is 29.5 Å². The predicted molar refractivity (Wildman–Crippen MR) is 115 cm³/mol. The average molecular weight is 420 g/mol. The molecular formula is C24H22F2N4O. The Morgan fingerprint density at radius 2 is 1.58 bits per heavy atom. The van der Waals surface area contributed by atoms with Crippen LogP contribution in [-0.4, -0.2) is 20.5 Å². The molecule has 7 heteroatoms. The van der Waals surface area contributed by atoms with E-state index in [0.717, 1.165) is 11.3 Å². The highest BCUT2D eigenvalue weighted by Gasteiger charge is 2.22. The Morgan fingerprint density at radius 3 is 2.19 bits per heavy atom. The van der Waals surface area contributed by atoms with Gasteiger partial charge in [-0.1, -0.05) is 32.9 Å². The molecule has 1 amide bonds. The Morgan fingerprint density at radius 1 is 0.968 bits per heavy atom. The third-order valence-corrected chi connectivity index (χ3v) is 4.93. The van der Waals surface area contributed by atoms with Crippen LogP contribution in [0.4, 0.5) is 8.78 Å². The number of aromatic nitrogens is 3. The lowest BCUT2D eigenvalue weighted by Gasteiger charge is -2.13. The molecule has 1 N–H and O–H groups in total. The molecule has 2 heterocycles. The number of halogens is 2. The van der Waals surface area contributed by atoms with Gasteiger partial charge >= 0.3 is 0 Å². The van der Waals surface area contributed by atoms with Gasteiger partial charge in [-0.2, -0.15) is 5.10 Å². The maximum Gasteiger partial charge on any atom is 0.270 e. The minimum absolute atomic E-state index is 0.231. The van der Waals surface area contributed by atoms with Crippen LogP contribution in [0.5, 0.6) is 0 Å². The summed E-state index contributed by atoms with van der Waals surface area (Å²) in [7, 11) is 0. The first kappa shape index (κ1) is 20.7. The summed E-state index contributed by atoms with van der Waals surface area (Å²) in [6.07, 6.45) is 0. The fourth-order valence-electron chi connectivity index (χ4n) is 3.15. The summed E-state index contributed by atoms with van der Waals surface area (Å²) < 4.78 is 28.0. The van der Waals surface area contributed by atoms with E-state index in [4.69, 9.17) is 0 Å². The molecule has 0 fully saturated rings. The van der Waals surface area contributed by atoms with Crippen LogP contribution in [-0.2, 0) is 12.0 Å². The van der Waals surface area contributed by atoms with E-state index in [2.05, 4.69) is 15.4 Å². The summed E-state index contributed by atoms with van der Waals surface area (Å²) in [5.41, 5.74) is 3.40. The SMILES string of the molecule is CC(C)(C)c1cc2nc(-c3ccc(F)cc3)cc(C(=O)NCc3ccc(F)cc3)n2n1. The number of hydrogen-bond acceptors (Lipinski definition) is 3. The molecule has 0 atom stereocenters. The largest absolute Gasteiger partial charge is 0.347 e. The number of nitrogens with zero attached hydrogens (tertiary/aromatic N) is 3. The van der Waals surface area contributed by atoms with Gasteiger partial charge < -0.3 is 5.32 Å². The van der Waals surface area contributed by atoms with Gasteiger partial charge in [0.2, 0.25) is 0 Å². The van der Waals surface area contributed by atoms with Crippen LogP contribution in [0.2, 0.25) is 0 Å². The molecule has 2 aromatic carbocycles. The highest BCUT2D eigenvalue weighted by molar-refractivity contribution is 5.94. The minimum Gasteiger partial charge on any atom is -0.347 e. The van der Waals surface area contributed by atoms with Crippen molar-refractivity contribution in [3.05, 3.63) is 89.2 Å². The van der Waals surface area contributed by atoms with E-state index in [1.54, 1.807) is 30.3 Å². The Labute approximate surface area is 178 Å². The van der Waals surface area contributed by atoms with Crippen molar-refractivity contribution in [2.24, 2.45) is 0 Å². The number of carbonyl (C=O) groups excluding carboxylic acids is 1. The van der Waals surface area contributed by atoms with Crippen LogP contribution in [0.1, 0.15) is 42.5 Å². The zero-order chi connectivity index (χ0) is 22.2. The molecule has 0 bridgehead atoms. The summed E-state index contributed by atoms with van der Waals surface area (Å²) in [5.74, 6) is -1.02. The Bertz CT molecular complexity index is 1240. The first-order valence-corrected chi connectivity index (χ1v) is 9.90. The van der Waals surface area contributed by atoms with Crippen LogP contribution in [0.15, 0.2) is 60.7 Å². The monoisotopic (exact) mass is 420 g/mol. The number of nitrogens with one attached hydrogen (secondary N) is 1. The summed E-state index contributed by atoms with van der Waals surface area (Å²) in [5, 5.41) is 7.46. The summed E-state index contributed by atoms with van der Waals surface area (Å²) in [4.78, 5) is 17.7. The molecule has 0 aliphatic heterocycles. The van der Waals surface area contributed by atoms with Crippen LogP contribution in [0.25, 0.3) is 16.9 Å². The number of benzene rings is 2. The van der Waals surface area contributed by atoms with Crippen LogP contribution >= 0.6 is 0 Å². The quantitative estimate of drug-likeness (QED) is 0.511. The molecule has 4 aromatic rings.